The lowest BCUT2D eigenvalue weighted by molar-refractivity contribution is -0.353. The van der Waals surface area contributed by atoms with Gasteiger partial charge in [-0.25, -0.2) is 0 Å². The summed E-state index contributed by atoms with van der Waals surface area (Å²) in [5.41, 5.74) is 4.54. The van der Waals surface area contributed by atoms with Crippen molar-refractivity contribution in [3.05, 3.63) is 41.2 Å². The van der Waals surface area contributed by atoms with Gasteiger partial charge < -0.3 is 14.6 Å². The normalized spacial score (nSPS) is 19.0. The maximum atomic E-state index is 12.3. The molecule has 1 saturated heterocycles. The van der Waals surface area contributed by atoms with Gasteiger partial charge in [0, 0.05) is 61.1 Å². The number of methoxy groups -OCH3 is 1. The van der Waals surface area contributed by atoms with Crippen molar-refractivity contribution in [2.75, 3.05) is 33.3 Å². The molecule has 2 aromatic rings. The Kier molecular flexibility index (Phi) is 5.01. The predicted octanol–water partition coefficient (Wildman–Crippen LogP) is 3.80. The molecular formula is C20H24F3N3O2. The SMILES string of the molecule is COc1cc(C)c2[nH]ccc2c1CN1CC=C(N2CC(OC(F)(F)F)C2)CC1. The maximum Gasteiger partial charge on any atom is 0.522 e. The molecule has 28 heavy (non-hydrogen) atoms. The first-order valence-electron chi connectivity index (χ1n) is 9.38. The summed E-state index contributed by atoms with van der Waals surface area (Å²) in [6.07, 6.45) is -0.424. The number of aromatic amines is 1. The van der Waals surface area contributed by atoms with Crippen LogP contribution in [0.3, 0.4) is 0 Å². The van der Waals surface area contributed by atoms with E-state index < -0.39 is 12.5 Å². The second kappa shape index (κ2) is 7.33. The Balaban J connectivity index is 1.40. The van der Waals surface area contributed by atoms with Crippen LogP contribution < -0.4 is 4.74 Å². The quantitative estimate of drug-likeness (QED) is 0.836. The van der Waals surface area contributed by atoms with Crippen LogP contribution in [0.5, 0.6) is 5.75 Å². The molecule has 5 nitrogen and oxygen atoms in total. The van der Waals surface area contributed by atoms with Crippen LogP contribution in [0.1, 0.15) is 17.5 Å². The summed E-state index contributed by atoms with van der Waals surface area (Å²) >= 11 is 0. The Hall–Kier alpha value is -2.19. The number of H-pyrrole nitrogens is 1. The molecule has 1 fully saturated rings. The number of hydrogen-bond donors (Lipinski definition) is 1. The van der Waals surface area contributed by atoms with Crippen LogP contribution in [-0.2, 0) is 11.3 Å². The van der Waals surface area contributed by atoms with Gasteiger partial charge in [-0.1, -0.05) is 6.08 Å². The van der Waals surface area contributed by atoms with Gasteiger partial charge in [0.15, 0.2) is 0 Å². The summed E-state index contributed by atoms with van der Waals surface area (Å²) in [6.45, 7) is 5.06. The lowest BCUT2D eigenvalue weighted by atomic mass is 10.0. The number of rotatable bonds is 5. The van der Waals surface area contributed by atoms with E-state index in [1.165, 1.54) is 5.39 Å². The minimum absolute atomic E-state index is 0.307. The Morgan fingerprint density at radius 2 is 2.07 bits per heavy atom. The highest BCUT2D eigenvalue weighted by Gasteiger charge is 2.40. The molecule has 0 atom stereocenters. The maximum absolute atomic E-state index is 12.3. The van der Waals surface area contributed by atoms with E-state index in [1.807, 2.05) is 11.1 Å². The van der Waals surface area contributed by atoms with Gasteiger partial charge in [-0.15, -0.1) is 13.2 Å². The van der Waals surface area contributed by atoms with Crippen LogP contribution in [0.25, 0.3) is 10.9 Å². The molecule has 1 aromatic heterocycles. The number of alkyl halides is 3. The number of aryl methyl sites for hydroxylation is 1. The van der Waals surface area contributed by atoms with Crippen molar-refractivity contribution in [3.63, 3.8) is 0 Å². The van der Waals surface area contributed by atoms with Gasteiger partial charge in [-0.05, 0) is 31.0 Å². The molecule has 2 aliphatic heterocycles. The zero-order valence-electron chi connectivity index (χ0n) is 16.0. The lowest BCUT2D eigenvalue weighted by Gasteiger charge is -2.44. The standard InChI is InChI=1S/C20H24F3N3O2/c1-13-9-18(27-2)17(16-3-6-24-19(13)16)12-25-7-4-14(5-8-25)26-10-15(11-26)28-20(21,22)23/h3-4,6,9,15,24H,5,7-8,10-12H2,1-2H3. The van der Waals surface area contributed by atoms with Crippen LogP contribution in [-0.4, -0.2) is 60.5 Å². The second-order valence-electron chi connectivity index (χ2n) is 7.41. The van der Waals surface area contributed by atoms with Crippen molar-refractivity contribution in [1.82, 2.24) is 14.8 Å². The van der Waals surface area contributed by atoms with Crippen LogP contribution in [0.2, 0.25) is 0 Å². The Morgan fingerprint density at radius 3 is 2.71 bits per heavy atom. The van der Waals surface area contributed by atoms with Crippen LogP contribution in [0.15, 0.2) is 30.1 Å². The average Bonchev–Trinajstić information content (AvgIpc) is 3.10. The molecule has 4 rings (SSSR count). The van der Waals surface area contributed by atoms with Gasteiger partial charge in [-0.3, -0.25) is 9.64 Å². The minimum Gasteiger partial charge on any atom is -0.496 e. The summed E-state index contributed by atoms with van der Waals surface area (Å²) in [5.74, 6) is 0.884. The molecule has 1 N–H and O–H groups in total. The molecule has 0 unspecified atom stereocenters. The highest BCUT2D eigenvalue weighted by atomic mass is 19.4. The Morgan fingerprint density at radius 1 is 1.29 bits per heavy atom. The number of fused-ring (bicyclic) bond motifs is 1. The summed E-state index contributed by atoms with van der Waals surface area (Å²) in [4.78, 5) is 7.59. The fourth-order valence-electron chi connectivity index (χ4n) is 4.07. The lowest BCUT2D eigenvalue weighted by Crippen LogP contribution is -2.53. The zero-order chi connectivity index (χ0) is 19.9. The van der Waals surface area contributed by atoms with E-state index in [4.69, 9.17) is 4.74 Å². The van der Waals surface area contributed by atoms with Crippen molar-refractivity contribution in [2.45, 2.75) is 32.4 Å². The summed E-state index contributed by atoms with van der Waals surface area (Å²) < 4.78 is 46.4. The number of halogens is 3. The fourth-order valence-corrected chi connectivity index (χ4v) is 4.07. The van der Waals surface area contributed by atoms with E-state index in [0.717, 1.165) is 54.1 Å². The molecule has 8 heteroatoms. The summed E-state index contributed by atoms with van der Waals surface area (Å²) in [6, 6.07) is 4.13. The third-order valence-electron chi connectivity index (χ3n) is 5.54. The van der Waals surface area contributed by atoms with Crippen molar-refractivity contribution >= 4 is 10.9 Å². The van der Waals surface area contributed by atoms with Gasteiger partial charge in [0.1, 0.15) is 11.9 Å². The summed E-state index contributed by atoms with van der Waals surface area (Å²) in [7, 11) is 1.69. The van der Waals surface area contributed by atoms with Gasteiger partial charge >= 0.3 is 6.36 Å². The number of benzene rings is 1. The van der Waals surface area contributed by atoms with Crippen molar-refractivity contribution < 1.29 is 22.6 Å². The largest absolute Gasteiger partial charge is 0.522 e. The number of ether oxygens (including phenoxy) is 2. The average molecular weight is 395 g/mol. The molecule has 0 spiro atoms. The van der Waals surface area contributed by atoms with Gasteiger partial charge in [0.25, 0.3) is 0 Å². The van der Waals surface area contributed by atoms with Gasteiger partial charge in [0.05, 0.1) is 7.11 Å². The molecule has 1 aromatic carbocycles. The third-order valence-corrected chi connectivity index (χ3v) is 5.54. The molecule has 0 radical (unpaired) electrons. The first kappa shape index (κ1) is 19.1. The zero-order valence-corrected chi connectivity index (χ0v) is 16.0. The number of aromatic nitrogens is 1. The molecular weight excluding hydrogens is 371 g/mol. The van der Waals surface area contributed by atoms with Gasteiger partial charge in [-0.2, -0.15) is 0 Å². The Bertz CT molecular complexity index is 885. The molecule has 0 amide bonds. The van der Waals surface area contributed by atoms with Crippen LogP contribution >= 0.6 is 0 Å². The van der Waals surface area contributed by atoms with E-state index in [0.29, 0.717) is 13.1 Å². The third kappa shape index (κ3) is 3.84. The molecule has 3 heterocycles. The van der Waals surface area contributed by atoms with E-state index >= 15 is 0 Å². The number of nitrogens with zero attached hydrogens (tertiary/aromatic N) is 2. The molecule has 0 aliphatic carbocycles. The van der Waals surface area contributed by atoms with Gasteiger partial charge in [0.2, 0.25) is 0 Å². The van der Waals surface area contributed by atoms with E-state index in [2.05, 4.69) is 39.8 Å². The van der Waals surface area contributed by atoms with Crippen molar-refractivity contribution in [2.24, 2.45) is 0 Å². The van der Waals surface area contributed by atoms with E-state index in [-0.39, 0.29) is 0 Å². The monoisotopic (exact) mass is 395 g/mol. The summed E-state index contributed by atoms with van der Waals surface area (Å²) in [5, 5.41) is 1.17. The molecule has 152 valence electrons. The number of hydrogen-bond acceptors (Lipinski definition) is 4. The first-order chi connectivity index (χ1) is 13.3. The molecule has 0 bridgehead atoms. The minimum atomic E-state index is -4.55. The number of likely N-dealkylation sites (tertiary alicyclic amines) is 1. The highest BCUT2D eigenvalue weighted by molar-refractivity contribution is 5.88. The fraction of sp³-hybridized carbons (Fsp3) is 0.500. The second-order valence-corrected chi connectivity index (χ2v) is 7.41. The van der Waals surface area contributed by atoms with E-state index in [9.17, 15) is 13.2 Å². The van der Waals surface area contributed by atoms with Crippen LogP contribution in [0.4, 0.5) is 13.2 Å². The number of nitrogens with one attached hydrogen (secondary N) is 1. The topological polar surface area (TPSA) is 40.7 Å². The molecule has 2 aliphatic rings. The van der Waals surface area contributed by atoms with Crippen LogP contribution in [0, 0.1) is 6.92 Å². The Labute approximate surface area is 161 Å². The van der Waals surface area contributed by atoms with E-state index in [1.54, 1.807) is 7.11 Å². The first-order valence-corrected chi connectivity index (χ1v) is 9.38. The van der Waals surface area contributed by atoms with Crippen molar-refractivity contribution in [3.8, 4) is 5.75 Å². The van der Waals surface area contributed by atoms with Crippen molar-refractivity contribution in [1.29, 1.82) is 0 Å². The highest BCUT2D eigenvalue weighted by Crippen LogP contribution is 2.33. The predicted molar refractivity (Wildman–Crippen MR) is 100 cm³/mol. The smallest absolute Gasteiger partial charge is 0.496 e. The molecule has 0 saturated carbocycles.